The Bertz CT molecular complexity index is 326. The van der Waals surface area contributed by atoms with E-state index in [1.54, 1.807) is 13.8 Å². The lowest BCUT2D eigenvalue weighted by molar-refractivity contribution is -0.139. The minimum atomic E-state index is -0.792. The highest BCUT2D eigenvalue weighted by atomic mass is 16.2. The number of carbonyl (C=O) groups excluding carboxylic acids is 2. The Hall–Kier alpha value is -1.10. The van der Waals surface area contributed by atoms with Crippen molar-refractivity contribution in [3.63, 3.8) is 0 Å². The molecule has 5 nitrogen and oxygen atoms in total. The lowest BCUT2D eigenvalue weighted by atomic mass is 10.0. The minimum absolute atomic E-state index is 0.0135. The van der Waals surface area contributed by atoms with E-state index in [1.165, 1.54) is 0 Å². The average Bonchev–Trinajstić information content (AvgIpc) is 2.34. The van der Waals surface area contributed by atoms with Gasteiger partial charge in [0.15, 0.2) is 0 Å². The molecule has 1 heterocycles. The first-order chi connectivity index (χ1) is 8.24. The van der Waals surface area contributed by atoms with E-state index >= 15 is 0 Å². The Kier molecular flexibility index (Phi) is 4.73. The molecule has 1 N–H and O–H groups in total. The Balaban J connectivity index is 2.74. The quantitative estimate of drug-likeness (QED) is 0.794. The second-order valence-corrected chi connectivity index (χ2v) is 5.86. The first-order valence-electron chi connectivity index (χ1n) is 6.51. The third-order valence-corrected chi connectivity index (χ3v) is 3.35. The summed E-state index contributed by atoms with van der Waals surface area (Å²) in [6.45, 7) is 7.04. The number of nitrogens with zero attached hydrogens (tertiary/aromatic N) is 2. The van der Waals surface area contributed by atoms with Gasteiger partial charge in [0.05, 0.1) is 0 Å². The van der Waals surface area contributed by atoms with Gasteiger partial charge in [-0.05, 0) is 47.8 Å². The molecule has 0 radical (unpaired) electrons. The van der Waals surface area contributed by atoms with Crippen molar-refractivity contribution in [2.75, 3.05) is 27.2 Å². The topological polar surface area (TPSA) is 52.6 Å². The van der Waals surface area contributed by atoms with E-state index in [4.69, 9.17) is 0 Å². The van der Waals surface area contributed by atoms with Crippen LogP contribution >= 0.6 is 0 Å². The summed E-state index contributed by atoms with van der Waals surface area (Å²) < 4.78 is 0. The number of rotatable bonds is 4. The molecule has 0 bridgehead atoms. The molecular weight excluding hydrogens is 230 g/mol. The summed E-state index contributed by atoms with van der Waals surface area (Å²) in [4.78, 5) is 27.9. The number of carbonyl (C=O) groups is 2. The summed E-state index contributed by atoms with van der Waals surface area (Å²) >= 11 is 0. The Labute approximate surface area is 110 Å². The lowest BCUT2D eigenvalue weighted by Gasteiger charge is -2.33. The standard InChI is InChI=1S/C13H25N3O2/c1-10(6-8-15(4)5)16-9-7-11(17)14-13(2,3)12(16)18/h10H,6-9H2,1-5H3,(H,14,17). The maximum Gasteiger partial charge on any atom is 0.247 e. The first-order valence-corrected chi connectivity index (χ1v) is 6.51. The van der Waals surface area contributed by atoms with Gasteiger partial charge in [-0.25, -0.2) is 0 Å². The fourth-order valence-corrected chi connectivity index (χ4v) is 2.17. The number of hydrogen-bond donors (Lipinski definition) is 1. The van der Waals surface area contributed by atoms with Crippen molar-refractivity contribution in [2.24, 2.45) is 0 Å². The predicted octanol–water partition coefficient (Wildman–Crippen LogP) is 0.454. The molecule has 1 rings (SSSR count). The largest absolute Gasteiger partial charge is 0.342 e. The summed E-state index contributed by atoms with van der Waals surface area (Å²) in [5.41, 5.74) is -0.792. The van der Waals surface area contributed by atoms with Gasteiger partial charge in [0.25, 0.3) is 0 Å². The maximum atomic E-state index is 12.4. The van der Waals surface area contributed by atoms with Gasteiger partial charge in [0.1, 0.15) is 5.54 Å². The fourth-order valence-electron chi connectivity index (χ4n) is 2.17. The van der Waals surface area contributed by atoms with E-state index in [-0.39, 0.29) is 17.9 Å². The number of nitrogens with one attached hydrogen (secondary N) is 1. The lowest BCUT2D eigenvalue weighted by Crippen LogP contribution is -2.54. The minimum Gasteiger partial charge on any atom is -0.342 e. The van der Waals surface area contributed by atoms with Gasteiger partial charge in [-0.15, -0.1) is 0 Å². The van der Waals surface area contributed by atoms with Gasteiger partial charge in [-0.3, -0.25) is 9.59 Å². The van der Waals surface area contributed by atoms with Crippen LogP contribution < -0.4 is 5.32 Å². The van der Waals surface area contributed by atoms with Crippen LogP contribution in [0, 0.1) is 0 Å². The zero-order chi connectivity index (χ0) is 13.9. The van der Waals surface area contributed by atoms with Crippen molar-refractivity contribution in [1.29, 1.82) is 0 Å². The molecule has 1 fully saturated rings. The summed E-state index contributed by atoms with van der Waals surface area (Å²) in [5.74, 6) is -0.0322. The van der Waals surface area contributed by atoms with Crippen LogP contribution in [0.25, 0.3) is 0 Å². The fraction of sp³-hybridized carbons (Fsp3) is 0.846. The van der Waals surface area contributed by atoms with Gasteiger partial charge in [-0.2, -0.15) is 0 Å². The van der Waals surface area contributed by atoms with Crippen molar-refractivity contribution in [1.82, 2.24) is 15.1 Å². The molecule has 0 saturated carbocycles. The molecule has 104 valence electrons. The van der Waals surface area contributed by atoms with E-state index in [0.29, 0.717) is 13.0 Å². The molecule has 1 unspecified atom stereocenters. The highest BCUT2D eigenvalue weighted by Gasteiger charge is 2.37. The van der Waals surface area contributed by atoms with Crippen LogP contribution in [0.4, 0.5) is 0 Å². The van der Waals surface area contributed by atoms with E-state index in [1.807, 2.05) is 25.9 Å². The Morgan fingerprint density at radius 2 is 2.00 bits per heavy atom. The molecule has 2 amide bonds. The second kappa shape index (κ2) is 5.69. The molecule has 18 heavy (non-hydrogen) atoms. The van der Waals surface area contributed by atoms with E-state index in [9.17, 15) is 9.59 Å². The number of hydrogen-bond acceptors (Lipinski definition) is 3. The Morgan fingerprint density at radius 1 is 1.39 bits per heavy atom. The highest BCUT2D eigenvalue weighted by molar-refractivity contribution is 5.92. The molecule has 1 aliphatic rings. The van der Waals surface area contributed by atoms with Crippen LogP contribution in [0.2, 0.25) is 0 Å². The zero-order valence-corrected chi connectivity index (χ0v) is 12.1. The average molecular weight is 255 g/mol. The monoisotopic (exact) mass is 255 g/mol. The van der Waals surface area contributed by atoms with Crippen LogP contribution in [0.5, 0.6) is 0 Å². The van der Waals surface area contributed by atoms with Crippen LogP contribution in [-0.4, -0.2) is 60.4 Å². The van der Waals surface area contributed by atoms with Gasteiger partial charge >= 0.3 is 0 Å². The van der Waals surface area contributed by atoms with Crippen LogP contribution in [0.3, 0.4) is 0 Å². The Morgan fingerprint density at radius 3 is 2.56 bits per heavy atom. The molecular formula is C13H25N3O2. The van der Waals surface area contributed by atoms with Crippen LogP contribution in [0.15, 0.2) is 0 Å². The predicted molar refractivity (Wildman–Crippen MR) is 71.2 cm³/mol. The van der Waals surface area contributed by atoms with E-state index < -0.39 is 5.54 Å². The van der Waals surface area contributed by atoms with Gasteiger partial charge in [-0.1, -0.05) is 0 Å². The number of amides is 2. The molecule has 0 aromatic rings. The molecule has 1 aliphatic heterocycles. The molecule has 1 atom stereocenters. The molecule has 0 aromatic heterocycles. The van der Waals surface area contributed by atoms with Crippen molar-refractivity contribution in [2.45, 2.75) is 45.2 Å². The smallest absolute Gasteiger partial charge is 0.247 e. The summed E-state index contributed by atoms with van der Waals surface area (Å²) in [5, 5.41) is 2.78. The van der Waals surface area contributed by atoms with E-state index in [0.717, 1.165) is 13.0 Å². The third-order valence-electron chi connectivity index (χ3n) is 3.35. The second-order valence-electron chi connectivity index (χ2n) is 5.86. The molecule has 5 heteroatoms. The van der Waals surface area contributed by atoms with Crippen molar-refractivity contribution in [3.8, 4) is 0 Å². The van der Waals surface area contributed by atoms with Gasteiger partial charge in [0.2, 0.25) is 11.8 Å². The van der Waals surface area contributed by atoms with E-state index in [2.05, 4.69) is 10.2 Å². The maximum absolute atomic E-state index is 12.4. The van der Waals surface area contributed by atoms with Crippen LogP contribution in [0.1, 0.15) is 33.6 Å². The normalized spacial score (nSPS) is 21.8. The molecule has 0 aliphatic carbocycles. The highest BCUT2D eigenvalue weighted by Crippen LogP contribution is 2.17. The SMILES string of the molecule is CC(CCN(C)C)N1CCC(=O)NC(C)(C)C1=O. The summed E-state index contributed by atoms with van der Waals surface area (Å²) in [6, 6.07) is 0.159. The van der Waals surface area contributed by atoms with Crippen molar-refractivity contribution < 1.29 is 9.59 Å². The van der Waals surface area contributed by atoms with Gasteiger partial charge in [0, 0.05) is 19.0 Å². The zero-order valence-electron chi connectivity index (χ0n) is 12.1. The van der Waals surface area contributed by atoms with Crippen molar-refractivity contribution >= 4 is 11.8 Å². The molecule has 1 saturated heterocycles. The third kappa shape index (κ3) is 3.70. The van der Waals surface area contributed by atoms with Crippen molar-refractivity contribution in [3.05, 3.63) is 0 Å². The molecule has 0 aromatic carbocycles. The van der Waals surface area contributed by atoms with Crippen LogP contribution in [-0.2, 0) is 9.59 Å². The first kappa shape index (κ1) is 15.0. The van der Waals surface area contributed by atoms with Gasteiger partial charge < -0.3 is 15.1 Å². The summed E-state index contributed by atoms with van der Waals surface area (Å²) in [6.07, 6.45) is 1.31. The molecule has 0 spiro atoms. The summed E-state index contributed by atoms with van der Waals surface area (Å²) in [7, 11) is 4.04.